The molecule has 3 N–H and O–H groups in total. The largest absolute Gasteiger partial charge is 0.494 e. The number of aliphatic hydroxyl groups is 1. The molecule has 0 saturated carbocycles. The number of hydrogen-bond acceptors (Lipinski definition) is 7. The van der Waals surface area contributed by atoms with E-state index in [1.807, 2.05) is 55.6 Å². The topological polar surface area (TPSA) is 97.1 Å². The maximum Gasteiger partial charge on any atom is 0.229 e. The molecule has 1 unspecified atom stereocenters. The molecule has 2 aromatic heterocycles. The van der Waals surface area contributed by atoms with Crippen LogP contribution in [-0.4, -0.2) is 38.8 Å². The van der Waals surface area contributed by atoms with Gasteiger partial charge in [-0.3, -0.25) is 0 Å². The highest BCUT2D eigenvalue weighted by Crippen LogP contribution is 2.42. The molecular weight excluding hydrogens is 452 g/mol. The van der Waals surface area contributed by atoms with E-state index in [9.17, 15) is 5.11 Å². The minimum atomic E-state index is -1.18. The zero-order chi connectivity index (χ0) is 23.7. The monoisotopic (exact) mass is 476 g/mol. The Kier molecular flexibility index (Phi) is 5.85. The molecule has 0 spiro atoms. The first kappa shape index (κ1) is 22.2. The normalized spacial score (nSPS) is 17.2. The van der Waals surface area contributed by atoms with Gasteiger partial charge in [-0.1, -0.05) is 41.9 Å². The van der Waals surface area contributed by atoms with E-state index in [2.05, 4.69) is 20.6 Å². The van der Waals surface area contributed by atoms with Gasteiger partial charge in [-0.15, -0.1) is 0 Å². The van der Waals surface area contributed by atoms with E-state index in [4.69, 9.17) is 21.3 Å². The Bertz CT molecular complexity index is 1330. The third-order valence-electron chi connectivity index (χ3n) is 6.12. The summed E-state index contributed by atoms with van der Waals surface area (Å²) in [7, 11) is 3.44. The molecule has 34 heavy (non-hydrogen) atoms. The minimum absolute atomic E-state index is 0.389. The summed E-state index contributed by atoms with van der Waals surface area (Å²) in [6.45, 7) is 0. The van der Waals surface area contributed by atoms with E-state index in [0.29, 0.717) is 34.8 Å². The van der Waals surface area contributed by atoms with Crippen molar-refractivity contribution in [2.24, 2.45) is 0 Å². The second-order valence-electron chi connectivity index (χ2n) is 8.17. The van der Waals surface area contributed by atoms with Crippen molar-refractivity contribution in [2.75, 3.05) is 24.8 Å². The molecule has 2 heterocycles. The van der Waals surface area contributed by atoms with E-state index in [0.717, 1.165) is 35.3 Å². The van der Waals surface area contributed by atoms with E-state index >= 15 is 0 Å². The fourth-order valence-electron chi connectivity index (χ4n) is 4.49. The standard InChI is InChI=1S/C25H25ClN6O2/c1-27-23-18-9-6-12-25(33,16-7-4-3-5-8-16)22(18)30-24(31-23)29-17-10-11-19(20(13-17)34-2)32-14-21(26)28-15-32/h3-5,7-8,10-11,13-15,33H,6,9,12H2,1-2H3,(H2,27,29,30,31). The molecule has 0 bridgehead atoms. The molecule has 2 aromatic carbocycles. The first-order chi connectivity index (χ1) is 16.5. The Balaban J connectivity index is 1.54. The molecule has 0 radical (unpaired) electrons. The first-order valence-electron chi connectivity index (χ1n) is 11.0. The van der Waals surface area contributed by atoms with Gasteiger partial charge in [0.15, 0.2) is 0 Å². The number of nitrogens with one attached hydrogen (secondary N) is 2. The van der Waals surface area contributed by atoms with Crippen LogP contribution in [0.4, 0.5) is 17.5 Å². The summed E-state index contributed by atoms with van der Waals surface area (Å²) < 4.78 is 7.38. The number of anilines is 3. The summed E-state index contributed by atoms with van der Waals surface area (Å²) in [6, 6.07) is 15.3. The molecule has 8 nitrogen and oxygen atoms in total. The molecule has 1 atom stereocenters. The van der Waals surface area contributed by atoms with Crippen molar-refractivity contribution < 1.29 is 9.84 Å². The molecule has 4 aromatic rings. The summed E-state index contributed by atoms with van der Waals surface area (Å²) >= 11 is 5.97. The van der Waals surface area contributed by atoms with Crippen molar-refractivity contribution in [2.45, 2.75) is 24.9 Å². The van der Waals surface area contributed by atoms with Gasteiger partial charge in [0, 0.05) is 30.6 Å². The van der Waals surface area contributed by atoms with Crippen LogP contribution in [0.3, 0.4) is 0 Å². The van der Waals surface area contributed by atoms with E-state index in [1.165, 1.54) is 0 Å². The van der Waals surface area contributed by atoms with E-state index < -0.39 is 5.60 Å². The zero-order valence-corrected chi connectivity index (χ0v) is 19.7. The third kappa shape index (κ3) is 3.95. The van der Waals surface area contributed by atoms with Gasteiger partial charge in [0.05, 0.1) is 18.5 Å². The SMILES string of the molecule is CNc1nc(Nc2ccc(-n3cnc(Cl)c3)c(OC)c2)nc2c1CCCC2(O)c1ccccc1. The van der Waals surface area contributed by atoms with Gasteiger partial charge in [0.25, 0.3) is 0 Å². The van der Waals surface area contributed by atoms with Gasteiger partial charge in [-0.2, -0.15) is 4.98 Å². The average molecular weight is 477 g/mol. The van der Waals surface area contributed by atoms with Gasteiger partial charge in [-0.05, 0) is 37.0 Å². The quantitative estimate of drug-likeness (QED) is 0.371. The Hall–Kier alpha value is -3.62. The minimum Gasteiger partial charge on any atom is -0.494 e. The van der Waals surface area contributed by atoms with Gasteiger partial charge >= 0.3 is 0 Å². The fourth-order valence-corrected chi connectivity index (χ4v) is 4.64. The number of methoxy groups -OCH3 is 1. The van der Waals surface area contributed by atoms with Crippen LogP contribution in [0.5, 0.6) is 5.75 Å². The lowest BCUT2D eigenvalue weighted by molar-refractivity contribution is 0.0569. The molecule has 9 heteroatoms. The van der Waals surface area contributed by atoms with Crippen LogP contribution in [0, 0.1) is 0 Å². The third-order valence-corrected chi connectivity index (χ3v) is 6.31. The molecule has 0 saturated heterocycles. The van der Waals surface area contributed by atoms with Gasteiger partial charge < -0.3 is 25.0 Å². The Morgan fingerprint density at radius 1 is 1.15 bits per heavy atom. The summed E-state index contributed by atoms with van der Waals surface area (Å²) in [4.78, 5) is 13.5. The van der Waals surface area contributed by atoms with Crippen LogP contribution in [0.25, 0.3) is 5.69 Å². The number of rotatable bonds is 6. The lowest BCUT2D eigenvalue weighted by Gasteiger charge is -2.34. The van der Waals surface area contributed by atoms with Crippen molar-refractivity contribution in [3.63, 3.8) is 0 Å². The summed E-state index contributed by atoms with van der Waals surface area (Å²) in [5.74, 6) is 1.73. The summed E-state index contributed by atoms with van der Waals surface area (Å²) in [5.41, 5.74) is 2.76. The van der Waals surface area contributed by atoms with Crippen LogP contribution in [0.2, 0.25) is 5.15 Å². The molecule has 0 amide bonds. The smallest absolute Gasteiger partial charge is 0.229 e. The molecule has 0 aliphatic heterocycles. The fraction of sp³-hybridized carbons (Fsp3) is 0.240. The van der Waals surface area contributed by atoms with Crippen molar-refractivity contribution >= 4 is 29.1 Å². The second kappa shape index (κ2) is 8.96. The summed E-state index contributed by atoms with van der Waals surface area (Å²) in [6.07, 6.45) is 5.59. The van der Waals surface area contributed by atoms with Crippen molar-refractivity contribution in [3.8, 4) is 11.4 Å². The zero-order valence-electron chi connectivity index (χ0n) is 18.9. The first-order valence-corrected chi connectivity index (χ1v) is 11.4. The number of fused-ring (bicyclic) bond motifs is 1. The lowest BCUT2D eigenvalue weighted by Crippen LogP contribution is -2.34. The number of halogens is 1. The predicted octanol–water partition coefficient (Wildman–Crippen LogP) is 4.68. The predicted molar refractivity (Wildman–Crippen MR) is 132 cm³/mol. The van der Waals surface area contributed by atoms with Crippen LogP contribution < -0.4 is 15.4 Å². The molecular formula is C25H25ClN6O2. The number of nitrogens with zero attached hydrogens (tertiary/aromatic N) is 4. The molecule has 0 fully saturated rings. The van der Waals surface area contributed by atoms with Crippen molar-refractivity contribution in [1.29, 1.82) is 0 Å². The van der Waals surface area contributed by atoms with E-state index in [1.54, 1.807) is 24.2 Å². The maximum absolute atomic E-state index is 11.8. The molecule has 1 aliphatic carbocycles. The number of imidazole rings is 1. The maximum atomic E-state index is 11.8. The number of ether oxygens (including phenoxy) is 1. The number of benzene rings is 2. The van der Waals surface area contributed by atoms with Crippen molar-refractivity contribution in [1.82, 2.24) is 19.5 Å². The molecule has 174 valence electrons. The Labute approximate surface area is 202 Å². The molecule has 1 aliphatic rings. The highest BCUT2D eigenvalue weighted by molar-refractivity contribution is 6.29. The highest BCUT2D eigenvalue weighted by atomic mass is 35.5. The van der Waals surface area contributed by atoms with Crippen LogP contribution in [0.15, 0.2) is 61.1 Å². The van der Waals surface area contributed by atoms with Crippen LogP contribution >= 0.6 is 11.6 Å². The van der Waals surface area contributed by atoms with Crippen molar-refractivity contribution in [3.05, 3.63) is 83.0 Å². The Morgan fingerprint density at radius 3 is 2.68 bits per heavy atom. The van der Waals surface area contributed by atoms with Gasteiger partial charge in [0.2, 0.25) is 5.95 Å². The number of hydrogen-bond donors (Lipinski definition) is 3. The van der Waals surface area contributed by atoms with Crippen LogP contribution in [0.1, 0.15) is 29.7 Å². The van der Waals surface area contributed by atoms with E-state index in [-0.39, 0.29) is 0 Å². The average Bonchev–Trinajstić information content (AvgIpc) is 3.30. The van der Waals surface area contributed by atoms with Gasteiger partial charge in [0.1, 0.15) is 28.6 Å². The van der Waals surface area contributed by atoms with Gasteiger partial charge in [-0.25, -0.2) is 9.97 Å². The number of aromatic nitrogens is 4. The Morgan fingerprint density at radius 2 is 1.97 bits per heavy atom. The molecule has 5 rings (SSSR count). The lowest BCUT2D eigenvalue weighted by atomic mass is 9.78. The second-order valence-corrected chi connectivity index (χ2v) is 8.56. The summed E-state index contributed by atoms with van der Waals surface area (Å²) in [5, 5.41) is 18.6. The van der Waals surface area contributed by atoms with Crippen LogP contribution in [-0.2, 0) is 12.0 Å². The highest BCUT2D eigenvalue weighted by Gasteiger charge is 2.39.